The van der Waals surface area contributed by atoms with Crippen LogP contribution in [0.3, 0.4) is 0 Å². The smallest absolute Gasteiger partial charge is 0.337 e. The molecule has 33 heavy (non-hydrogen) atoms. The summed E-state index contributed by atoms with van der Waals surface area (Å²) in [6, 6.07) is 15.5. The van der Waals surface area contributed by atoms with E-state index in [1.165, 1.54) is 18.1 Å². The molecule has 168 valence electrons. The summed E-state index contributed by atoms with van der Waals surface area (Å²) in [4.78, 5) is 42.4. The summed E-state index contributed by atoms with van der Waals surface area (Å²) in [5.41, 5.74) is 2.75. The second-order valence-corrected chi connectivity index (χ2v) is 7.38. The van der Waals surface area contributed by atoms with E-state index in [0.717, 1.165) is 0 Å². The molecule has 0 fully saturated rings. The van der Waals surface area contributed by atoms with Gasteiger partial charge in [0.25, 0.3) is 5.91 Å². The maximum Gasteiger partial charge on any atom is 0.337 e. The number of aromatic nitrogens is 1. The van der Waals surface area contributed by atoms with Crippen molar-refractivity contribution in [3.05, 3.63) is 71.4 Å². The standard InChI is InChI=1S/C24H21N3O6/c1-33-24(32)18-13-27(10-11-28)22(29)21(18)25-15-8-6-14(7-9-15)20-12-17(23(30)31)16-4-2-3-5-19(16)26-20/h2-9,12,25,28H,10-11,13H2,1H3,(H,30,31). The minimum absolute atomic E-state index is 0.0471. The zero-order chi connectivity index (χ0) is 23.5. The van der Waals surface area contributed by atoms with E-state index in [2.05, 4.69) is 10.3 Å². The molecule has 0 saturated heterocycles. The first kappa shape index (κ1) is 22.0. The van der Waals surface area contributed by atoms with Gasteiger partial charge in [-0.3, -0.25) is 4.79 Å². The van der Waals surface area contributed by atoms with Crippen molar-refractivity contribution in [3.8, 4) is 11.3 Å². The van der Waals surface area contributed by atoms with Gasteiger partial charge < -0.3 is 25.2 Å². The van der Waals surface area contributed by atoms with Crippen LogP contribution in [-0.2, 0) is 14.3 Å². The van der Waals surface area contributed by atoms with Gasteiger partial charge >= 0.3 is 11.9 Å². The Labute approximate surface area is 188 Å². The van der Waals surface area contributed by atoms with Gasteiger partial charge in [0.2, 0.25) is 0 Å². The molecule has 0 spiro atoms. The van der Waals surface area contributed by atoms with Crippen LogP contribution in [0.4, 0.5) is 5.69 Å². The fourth-order valence-electron chi connectivity index (χ4n) is 3.72. The van der Waals surface area contributed by atoms with Crippen LogP contribution >= 0.6 is 0 Å². The van der Waals surface area contributed by atoms with Crippen molar-refractivity contribution in [1.82, 2.24) is 9.88 Å². The van der Waals surface area contributed by atoms with Crippen LogP contribution < -0.4 is 5.32 Å². The Balaban J connectivity index is 1.64. The number of β-amino-alcohol motifs (C(OH)–C–C–N with tert-alkyl or cyclic N) is 1. The number of hydrogen-bond acceptors (Lipinski definition) is 7. The number of benzene rings is 2. The van der Waals surface area contributed by atoms with Crippen LogP contribution in [0.2, 0.25) is 0 Å². The summed E-state index contributed by atoms with van der Waals surface area (Å²) >= 11 is 0. The van der Waals surface area contributed by atoms with Crippen LogP contribution in [0.1, 0.15) is 10.4 Å². The molecule has 1 aromatic heterocycles. The Morgan fingerprint density at radius 3 is 2.55 bits per heavy atom. The molecule has 0 bridgehead atoms. The highest BCUT2D eigenvalue weighted by Gasteiger charge is 2.34. The third-order valence-corrected chi connectivity index (χ3v) is 5.35. The first-order valence-electron chi connectivity index (χ1n) is 10.1. The molecule has 9 nitrogen and oxygen atoms in total. The zero-order valence-corrected chi connectivity index (χ0v) is 17.7. The van der Waals surface area contributed by atoms with Crippen LogP contribution in [0.15, 0.2) is 65.9 Å². The number of amides is 1. The molecule has 2 heterocycles. The number of aliphatic hydroxyl groups excluding tert-OH is 1. The third-order valence-electron chi connectivity index (χ3n) is 5.35. The lowest BCUT2D eigenvalue weighted by Gasteiger charge is -2.15. The summed E-state index contributed by atoms with van der Waals surface area (Å²) in [5, 5.41) is 22.3. The van der Waals surface area contributed by atoms with E-state index in [0.29, 0.717) is 27.8 Å². The van der Waals surface area contributed by atoms with Crippen molar-refractivity contribution in [2.24, 2.45) is 0 Å². The molecule has 0 aliphatic carbocycles. The van der Waals surface area contributed by atoms with Crippen molar-refractivity contribution in [3.63, 3.8) is 0 Å². The van der Waals surface area contributed by atoms with Crippen LogP contribution in [0.5, 0.6) is 0 Å². The summed E-state index contributed by atoms with van der Waals surface area (Å²) in [6.45, 7) is -0.0757. The first-order chi connectivity index (χ1) is 15.9. The molecule has 3 N–H and O–H groups in total. The van der Waals surface area contributed by atoms with Gasteiger partial charge in [-0.1, -0.05) is 30.3 Å². The molecule has 0 atom stereocenters. The zero-order valence-electron chi connectivity index (χ0n) is 17.7. The number of carbonyl (C=O) groups excluding carboxylic acids is 2. The second kappa shape index (κ2) is 9.09. The number of aliphatic hydroxyl groups is 1. The van der Waals surface area contributed by atoms with Gasteiger partial charge in [-0.15, -0.1) is 0 Å². The molecule has 1 amide bonds. The van der Waals surface area contributed by atoms with Crippen LogP contribution in [0, 0.1) is 0 Å². The monoisotopic (exact) mass is 447 g/mol. The largest absolute Gasteiger partial charge is 0.478 e. The summed E-state index contributed by atoms with van der Waals surface area (Å²) in [5.74, 6) is -2.07. The fourth-order valence-corrected chi connectivity index (χ4v) is 3.72. The number of methoxy groups -OCH3 is 1. The van der Waals surface area contributed by atoms with Gasteiger partial charge in [0.15, 0.2) is 0 Å². The third kappa shape index (κ3) is 4.26. The number of ether oxygens (including phenoxy) is 1. The number of esters is 1. The molecule has 1 aliphatic heterocycles. The molecule has 9 heteroatoms. The van der Waals surface area contributed by atoms with E-state index in [1.54, 1.807) is 48.5 Å². The van der Waals surface area contributed by atoms with Crippen molar-refractivity contribution < 1.29 is 29.3 Å². The first-order valence-corrected chi connectivity index (χ1v) is 10.1. The molecule has 1 aliphatic rings. The number of rotatable bonds is 7. The normalized spacial score (nSPS) is 13.5. The van der Waals surface area contributed by atoms with Gasteiger partial charge in [-0.2, -0.15) is 0 Å². The SMILES string of the molecule is COC(=O)C1=C(Nc2ccc(-c3cc(C(=O)O)c4ccccc4n3)cc2)C(=O)N(CCO)C1. The maximum absolute atomic E-state index is 12.7. The topological polar surface area (TPSA) is 129 Å². The number of nitrogens with zero attached hydrogens (tertiary/aromatic N) is 2. The molecular weight excluding hydrogens is 426 g/mol. The number of fused-ring (bicyclic) bond motifs is 1. The lowest BCUT2D eigenvalue weighted by molar-refractivity contribution is -0.136. The molecule has 0 unspecified atom stereocenters. The average molecular weight is 447 g/mol. The van der Waals surface area contributed by atoms with E-state index in [1.807, 2.05) is 0 Å². The number of pyridine rings is 1. The van der Waals surface area contributed by atoms with Gasteiger partial charge in [0.1, 0.15) is 5.70 Å². The Kier molecular flexibility index (Phi) is 6.05. The number of hydrogen-bond donors (Lipinski definition) is 3. The van der Waals surface area contributed by atoms with Crippen molar-refractivity contribution in [2.45, 2.75) is 0 Å². The van der Waals surface area contributed by atoms with Crippen molar-refractivity contribution in [1.29, 1.82) is 0 Å². The highest BCUT2D eigenvalue weighted by atomic mass is 16.5. The van der Waals surface area contributed by atoms with E-state index in [-0.39, 0.29) is 36.5 Å². The minimum Gasteiger partial charge on any atom is -0.478 e. The fraction of sp³-hybridized carbons (Fsp3) is 0.167. The summed E-state index contributed by atoms with van der Waals surface area (Å²) in [6.07, 6.45) is 0. The highest BCUT2D eigenvalue weighted by Crippen LogP contribution is 2.27. The van der Waals surface area contributed by atoms with Crippen molar-refractivity contribution >= 4 is 34.4 Å². The Morgan fingerprint density at radius 2 is 1.88 bits per heavy atom. The minimum atomic E-state index is -1.04. The Bertz CT molecular complexity index is 1280. The molecule has 3 aromatic rings. The Hall–Kier alpha value is -4.24. The number of carboxylic acid groups (broad SMARTS) is 1. The lowest BCUT2D eigenvalue weighted by atomic mass is 10.0. The molecule has 2 aromatic carbocycles. The van der Waals surface area contributed by atoms with Gasteiger partial charge in [0.05, 0.1) is 42.6 Å². The number of aromatic carboxylic acids is 1. The number of anilines is 1. The molecule has 0 radical (unpaired) electrons. The van der Waals surface area contributed by atoms with Gasteiger partial charge in [-0.25, -0.2) is 14.6 Å². The summed E-state index contributed by atoms with van der Waals surface area (Å²) < 4.78 is 4.79. The molecule has 4 rings (SSSR count). The predicted molar refractivity (Wildman–Crippen MR) is 120 cm³/mol. The van der Waals surface area contributed by atoms with Crippen molar-refractivity contribution in [2.75, 3.05) is 32.1 Å². The van der Waals surface area contributed by atoms with E-state index < -0.39 is 17.8 Å². The number of nitrogens with one attached hydrogen (secondary N) is 1. The van der Waals surface area contributed by atoms with Gasteiger partial charge in [0, 0.05) is 23.2 Å². The molecule has 0 saturated carbocycles. The highest BCUT2D eigenvalue weighted by molar-refractivity contribution is 6.08. The van der Waals surface area contributed by atoms with E-state index >= 15 is 0 Å². The van der Waals surface area contributed by atoms with Gasteiger partial charge in [-0.05, 0) is 24.3 Å². The quantitative estimate of drug-likeness (QED) is 0.471. The van der Waals surface area contributed by atoms with E-state index in [9.17, 15) is 19.5 Å². The predicted octanol–water partition coefficient (Wildman–Crippen LogP) is 2.27. The second-order valence-electron chi connectivity index (χ2n) is 7.38. The number of carboxylic acids is 1. The summed E-state index contributed by atoms with van der Waals surface area (Å²) in [7, 11) is 1.24. The maximum atomic E-state index is 12.7. The average Bonchev–Trinajstić information content (AvgIpc) is 3.13. The van der Waals surface area contributed by atoms with E-state index in [4.69, 9.17) is 9.84 Å². The number of carbonyl (C=O) groups is 3. The van der Waals surface area contributed by atoms with Crippen LogP contribution in [0.25, 0.3) is 22.2 Å². The Morgan fingerprint density at radius 1 is 1.15 bits per heavy atom. The lowest BCUT2D eigenvalue weighted by Crippen LogP contribution is -2.31. The molecular formula is C24H21N3O6. The van der Waals surface area contributed by atoms with Crippen LogP contribution in [-0.4, -0.2) is 64.7 Å². The number of para-hydroxylation sites is 1.